The largest absolute Gasteiger partial charge is 0.478 e. The van der Waals surface area contributed by atoms with Gasteiger partial charge in [0.2, 0.25) is 5.95 Å². The highest BCUT2D eigenvalue weighted by Gasteiger charge is 2.31. The van der Waals surface area contributed by atoms with Gasteiger partial charge in [-0.25, -0.2) is 14.8 Å². The summed E-state index contributed by atoms with van der Waals surface area (Å²) in [5, 5.41) is 9.55. The van der Waals surface area contributed by atoms with Crippen molar-refractivity contribution in [3.05, 3.63) is 82.1 Å². The van der Waals surface area contributed by atoms with E-state index in [2.05, 4.69) is 9.97 Å². The van der Waals surface area contributed by atoms with E-state index in [0.29, 0.717) is 31.0 Å². The number of carboxylic acid groups (broad SMARTS) is 1. The Morgan fingerprint density at radius 3 is 2.17 bits per heavy atom. The molecule has 1 aromatic heterocycles. The summed E-state index contributed by atoms with van der Waals surface area (Å²) in [6, 6.07) is 10.1. The molecule has 0 unspecified atom stereocenters. The zero-order chi connectivity index (χ0) is 26.5. The number of benzene rings is 2. The van der Waals surface area contributed by atoms with Crippen LogP contribution in [0.2, 0.25) is 5.02 Å². The van der Waals surface area contributed by atoms with E-state index in [4.69, 9.17) is 16.3 Å². The second kappa shape index (κ2) is 11.2. The van der Waals surface area contributed by atoms with Crippen LogP contribution < -0.4 is 9.64 Å². The molecule has 1 N–H and O–H groups in total. The minimum absolute atomic E-state index is 0.257. The lowest BCUT2D eigenvalue weighted by Gasteiger charge is -2.24. The average molecular weight is 522 g/mol. The zero-order valence-electron chi connectivity index (χ0n) is 20.1. The van der Waals surface area contributed by atoms with Crippen LogP contribution in [-0.4, -0.2) is 33.2 Å². The van der Waals surface area contributed by atoms with Crippen LogP contribution in [0.5, 0.6) is 5.75 Å². The van der Waals surface area contributed by atoms with E-state index in [0.717, 1.165) is 29.7 Å². The molecule has 0 saturated heterocycles. The average Bonchev–Trinajstić information content (AvgIpc) is 2.83. The Labute approximate surface area is 212 Å². The van der Waals surface area contributed by atoms with Gasteiger partial charge in [-0.2, -0.15) is 13.2 Å². The standard InChI is InChI=1S/C26H27ClF3N3O3/c1-4-17-14-31-24(32-15-17)33(16-19-5-8-20(9-6-19)26(28,29)30)12-11-18-7-10-22(21(27)13-18)36-25(2,3)23(34)35/h5-10,13-15H,4,11-12,16H2,1-3H3,(H,34,35). The number of nitrogens with zero attached hydrogens (tertiary/aromatic N) is 3. The molecule has 0 spiro atoms. The van der Waals surface area contributed by atoms with Crippen LogP contribution in [0.15, 0.2) is 54.9 Å². The van der Waals surface area contributed by atoms with Crippen molar-refractivity contribution in [1.82, 2.24) is 9.97 Å². The van der Waals surface area contributed by atoms with Gasteiger partial charge in [-0.05, 0) is 67.6 Å². The minimum Gasteiger partial charge on any atom is -0.478 e. The molecule has 2 aromatic carbocycles. The molecule has 192 valence electrons. The van der Waals surface area contributed by atoms with Crippen LogP contribution in [0.1, 0.15) is 43.0 Å². The summed E-state index contributed by atoms with van der Waals surface area (Å²) in [6.45, 7) is 5.63. The van der Waals surface area contributed by atoms with Crippen molar-refractivity contribution in [3.63, 3.8) is 0 Å². The van der Waals surface area contributed by atoms with Gasteiger partial charge in [0.15, 0.2) is 5.60 Å². The molecule has 3 aromatic rings. The lowest BCUT2D eigenvalue weighted by molar-refractivity contribution is -0.152. The fraction of sp³-hybridized carbons (Fsp3) is 0.346. The van der Waals surface area contributed by atoms with Crippen LogP contribution in [0.25, 0.3) is 0 Å². The topological polar surface area (TPSA) is 75.6 Å². The van der Waals surface area contributed by atoms with Gasteiger partial charge in [0, 0.05) is 25.5 Å². The highest BCUT2D eigenvalue weighted by Crippen LogP contribution is 2.30. The number of halogens is 4. The summed E-state index contributed by atoms with van der Waals surface area (Å²) in [6.07, 6.45) is 0.378. The second-order valence-corrected chi connectivity index (χ2v) is 9.20. The number of carbonyl (C=O) groups is 1. The number of aliphatic carboxylic acids is 1. The number of aryl methyl sites for hydroxylation is 1. The number of hydrogen-bond donors (Lipinski definition) is 1. The molecule has 0 atom stereocenters. The molecule has 0 aliphatic rings. The third-order valence-corrected chi connectivity index (χ3v) is 5.88. The van der Waals surface area contributed by atoms with Gasteiger partial charge in [-0.3, -0.25) is 0 Å². The number of carboxylic acids is 1. The number of anilines is 1. The molecule has 0 fully saturated rings. The third kappa shape index (κ3) is 7.10. The first-order valence-corrected chi connectivity index (χ1v) is 11.7. The number of rotatable bonds is 10. The molecule has 0 bridgehead atoms. The fourth-order valence-corrected chi connectivity index (χ4v) is 3.57. The molecule has 0 saturated carbocycles. The Hall–Kier alpha value is -3.33. The summed E-state index contributed by atoms with van der Waals surface area (Å²) in [5.41, 5.74) is 0.377. The quantitative estimate of drug-likeness (QED) is 0.342. The Morgan fingerprint density at radius 1 is 1.03 bits per heavy atom. The van der Waals surface area contributed by atoms with Crippen molar-refractivity contribution in [2.75, 3.05) is 11.4 Å². The van der Waals surface area contributed by atoms with E-state index in [1.807, 2.05) is 11.8 Å². The molecule has 36 heavy (non-hydrogen) atoms. The first-order chi connectivity index (χ1) is 16.9. The van der Waals surface area contributed by atoms with Gasteiger partial charge in [-0.1, -0.05) is 36.7 Å². The van der Waals surface area contributed by atoms with E-state index in [1.165, 1.54) is 26.0 Å². The first kappa shape index (κ1) is 27.3. The molecule has 3 rings (SSSR count). The van der Waals surface area contributed by atoms with E-state index >= 15 is 0 Å². The maximum Gasteiger partial charge on any atom is 0.416 e. The summed E-state index contributed by atoms with van der Waals surface area (Å²) < 4.78 is 44.4. The van der Waals surface area contributed by atoms with Crippen molar-refractivity contribution >= 4 is 23.5 Å². The Balaban J connectivity index is 1.78. The normalized spacial score (nSPS) is 11.9. The molecule has 1 heterocycles. The van der Waals surface area contributed by atoms with Gasteiger partial charge < -0.3 is 14.7 Å². The van der Waals surface area contributed by atoms with Crippen LogP contribution in [0, 0.1) is 0 Å². The van der Waals surface area contributed by atoms with E-state index in [9.17, 15) is 23.1 Å². The lowest BCUT2D eigenvalue weighted by atomic mass is 10.1. The summed E-state index contributed by atoms with van der Waals surface area (Å²) in [7, 11) is 0. The van der Waals surface area contributed by atoms with Crippen LogP contribution in [-0.2, 0) is 30.4 Å². The number of alkyl halides is 3. The summed E-state index contributed by atoms with van der Waals surface area (Å²) in [5.74, 6) is -0.398. The van der Waals surface area contributed by atoms with Crippen molar-refractivity contribution < 1.29 is 27.8 Å². The highest BCUT2D eigenvalue weighted by atomic mass is 35.5. The molecule has 10 heteroatoms. The number of hydrogen-bond acceptors (Lipinski definition) is 5. The van der Waals surface area contributed by atoms with E-state index in [-0.39, 0.29) is 10.8 Å². The third-order valence-electron chi connectivity index (χ3n) is 5.58. The summed E-state index contributed by atoms with van der Waals surface area (Å²) >= 11 is 6.34. The monoisotopic (exact) mass is 521 g/mol. The maximum absolute atomic E-state index is 12.9. The van der Waals surface area contributed by atoms with Gasteiger partial charge in [0.1, 0.15) is 5.75 Å². The van der Waals surface area contributed by atoms with Crippen molar-refractivity contribution in [3.8, 4) is 5.75 Å². The maximum atomic E-state index is 12.9. The van der Waals surface area contributed by atoms with Crippen molar-refractivity contribution in [1.29, 1.82) is 0 Å². The van der Waals surface area contributed by atoms with E-state index in [1.54, 1.807) is 30.6 Å². The molecular formula is C26H27ClF3N3O3. The molecule has 0 radical (unpaired) electrons. The molecule has 6 nitrogen and oxygen atoms in total. The van der Waals surface area contributed by atoms with Gasteiger partial charge in [0.25, 0.3) is 0 Å². The SMILES string of the molecule is CCc1cnc(N(CCc2ccc(OC(C)(C)C(=O)O)c(Cl)c2)Cc2ccc(C(F)(F)F)cc2)nc1. The molecule has 0 aliphatic carbocycles. The molecule has 0 aliphatic heterocycles. The smallest absolute Gasteiger partial charge is 0.416 e. The zero-order valence-corrected chi connectivity index (χ0v) is 20.9. The predicted octanol–water partition coefficient (Wildman–Crippen LogP) is 6.20. The van der Waals surface area contributed by atoms with Gasteiger partial charge in [0.05, 0.1) is 10.6 Å². The highest BCUT2D eigenvalue weighted by molar-refractivity contribution is 6.32. The van der Waals surface area contributed by atoms with Crippen LogP contribution >= 0.6 is 11.6 Å². The molecule has 0 amide bonds. The van der Waals surface area contributed by atoms with E-state index < -0.39 is 23.3 Å². The lowest BCUT2D eigenvalue weighted by Crippen LogP contribution is -2.37. The second-order valence-electron chi connectivity index (χ2n) is 8.79. The van der Waals surface area contributed by atoms with Crippen LogP contribution in [0.4, 0.5) is 19.1 Å². The fourth-order valence-electron chi connectivity index (χ4n) is 3.33. The minimum atomic E-state index is -4.40. The Bertz CT molecular complexity index is 1180. The Morgan fingerprint density at radius 2 is 1.64 bits per heavy atom. The molecular weight excluding hydrogens is 495 g/mol. The summed E-state index contributed by atoms with van der Waals surface area (Å²) in [4.78, 5) is 22.1. The predicted molar refractivity (Wildman–Crippen MR) is 131 cm³/mol. The Kier molecular flexibility index (Phi) is 8.45. The number of aromatic nitrogens is 2. The van der Waals surface area contributed by atoms with Gasteiger partial charge in [-0.15, -0.1) is 0 Å². The number of ether oxygens (including phenoxy) is 1. The van der Waals surface area contributed by atoms with Crippen molar-refractivity contribution in [2.24, 2.45) is 0 Å². The van der Waals surface area contributed by atoms with Crippen LogP contribution in [0.3, 0.4) is 0 Å². The van der Waals surface area contributed by atoms with Crippen molar-refractivity contribution in [2.45, 2.75) is 51.9 Å². The first-order valence-electron chi connectivity index (χ1n) is 11.3. The van der Waals surface area contributed by atoms with Gasteiger partial charge >= 0.3 is 12.1 Å².